The van der Waals surface area contributed by atoms with E-state index in [1.807, 2.05) is 18.2 Å². The number of para-hydroxylation sites is 1. The molecule has 0 fully saturated rings. The molecule has 0 atom stereocenters. The Morgan fingerprint density at radius 3 is 3.05 bits per heavy atom. The Kier molecular flexibility index (Phi) is 3.63. The smallest absolute Gasteiger partial charge is 0.345 e. The van der Waals surface area contributed by atoms with E-state index in [1.165, 1.54) is 11.3 Å². The summed E-state index contributed by atoms with van der Waals surface area (Å²) in [6.07, 6.45) is 0. The maximum Gasteiger partial charge on any atom is 0.345 e. The second kappa shape index (κ2) is 5.58. The van der Waals surface area contributed by atoms with E-state index < -0.39 is 5.63 Å². The van der Waals surface area contributed by atoms with Crippen molar-refractivity contribution in [2.75, 3.05) is 5.43 Å². The largest absolute Gasteiger partial charge is 0.422 e. The standard InChI is InChI=1S/C13H10N4O2S2/c1-7(14-15-12-16-17-13(20)21-12)9-6-8-4-2-3-5-10(8)19-11(9)18/h2-6H,1H3,(H,15,16)(H,17,20)/b14-7+. The van der Waals surface area contributed by atoms with E-state index in [0.29, 0.717) is 25.9 Å². The summed E-state index contributed by atoms with van der Waals surface area (Å²) in [7, 11) is 0. The number of aromatic nitrogens is 2. The molecule has 21 heavy (non-hydrogen) atoms. The SMILES string of the molecule is C/C(=N\Nc1n[nH]c(=S)s1)c1cc2ccccc2oc1=O. The van der Waals surface area contributed by atoms with Crippen molar-refractivity contribution in [1.82, 2.24) is 10.2 Å². The Bertz CT molecular complexity index is 939. The molecule has 3 aromatic rings. The molecule has 2 heterocycles. The van der Waals surface area contributed by atoms with Crippen LogP contribution in [0.4, 0.5) is 5.13 Å². The second-order valence-electron chi connectivity index (χ2n) is 4.21. The Hall–Kier alpha value is -2.32. The van der Waals surface area contributed by atoms with Crippen LogP contribution in [0.25, 0.3) is 11.0 Å². The van der Waals surface area contributed by atoms with Gasteiger partial charge >= 0.3 is 5.63 Å². The minimum absolute atomic E-state index is 0.403. The van der Waals surface area contributed by atoms with E-state index in [4.69, 9.17) is 16.6 Å². The van der Waals surface area contributed by atoms with E-state index in [1.54, 1.807) is 19.1 Å². The van der Waals surface area contributed by atoms with Crippen LogP contribution in [0.3, 0.4) is 0 Å². The predicted molar refractivity (Wildman–Crippen MR) is 85.6 cm³/mol. The highest BCUT2D eigenvalue weighted by molar-refractivity contribution is 7.73. The van der Waals surface area contributed by atoms with Gasteiger partial charge in [0.1, 0.15) is 5.58 Å². The average molecular weight is 318 g/mol. The molecule has 0 bridgehead atoms. The van der Waals surface area contributed by atoms with Crippen LogP contribution in [0.5, 0.6) is 0 Å². The van der Waals surface area contributed by atoms with E-state index in [0.717, 1.165) is 5.39 Å². The molecule has 0 aliphatic heterocycles. The first kappa shape index (κ1) is 13.7. The molecule has 0 radical (unpaired) electrons. The molecule has 0 amide bonds. The van der Waals surface area contributed by atoms with Crippen molar-refractivity contribution in [1.29, 1.82) is 0 Å². The first-order valence-corrected chi connectivity index (χ1v) is 7.25. The highest BCUT2D eigenvalue weighted by Gasteiger charge is 2.08. The number of nitrogens with zero attached hydrogens (tertiary/aromatic N) is 2. The topological polar surface area (TPSA) is 83.3 Å². The average Bonchev–Trinajstić information content (AvgIpc) is 2.89. The lowest BCUT2D eigenvalue weighted by Gasteiger charge is -2.02. The Balaban J connectivity index is 1.97. The molecule has 1 aromatic carbocycles. The number of H-pyrrole nitrogens is 1. The zero-order chi connectivity index (χ0) is 14.8. The van der Waals surface area contributed by atoms with E-state index in [2.05, 4.69) is 20.7 Å². The normalized spacial score (nSPS) is 11.8. The van der Waals surface area contributed by atoms with Crippen molar-refractivity contribution in [2.45, 2.75) is 6.92 Å². The van der Waals surface area contributed by atoms with Gasteiger partial charge in [0.15, 0.2) is 3.95 Å². The second-order valence-corrected chi connectivity index (χ2v) is 5.88. The highest BCUT2D eigenvalue weighted by atomic mass is 32.1. The molecule has 2 N–H and O–H groups in total. The van der Waals surface area contributed by atoms with Gasteiger partial charge in [0.2, 0.25) is 5.13 Å². The number of hydrazone groups is 1. The van der Waals surface area contributed by atoms with E-state index >= 15 is 0 Å². The maximum atomic E-state index is 12.0. The van der Waals surface area contributed by atoms with Crippen molar-refractivity contribution in [3.63, 3.8) is 0 Å². The summed E-state index contributed by atoms with van der Waals surface area (Å²) in [4.78, 5) is 12.0. The zero-order valence-corrected chi connectivity index (χ0v) is 12.5. The van der Waals surface area contributed by atoms with Gasteiger partial charge in [-0.25, -0.2) is 4.79 Å². The van der Waals surface area contributed by atoms with Gasteiger partial charge < -0.3 is 4.42 Å². The number of rotatable bonds is 3. The number of anilines is 1. The lowest BCUT2D eigenvalue weighted by Crippen LogP contribution is -2.13. The zero-order valence-electron chi connectivity index (χ0n) is 10.9. The summed E-state index contributed by atoms with van der Waals surface area (Å²) < 4.78 is 5.82. The number of nitrogens with one attached hydrogen (secondary N) is 2. The van der Waals surface area contributed by atoms with E-state index in [-0.39, 0.29) is 0 Å². The summed E-state index contributed by atoms with van der Waals surface area (Å²) in [6, 6.07) is 9.09. The minimum Gasteiger partial charge on any atom is -0.422 e. The molecule has 8 heteroatoms. The van der Waals surface area contributed by atoms with Gasteiger partial charge in [-0.05, 0) is 31.3 Å². The molecular formula is C13H10N4O2S2. The molecule has 0 aliphatic carbocycles. The summed E-state index contributed by atoms with van der Waals surface area (Å²) in [5.74, 6) is 0. The first-order valence-electron chi connectivity index (χ1n) is 6.02. The Morgan fingerprint density at radius 1 is 1.48 bits per heavy atom. The molecule has 0 saturated carbocycles. The fraction of sp³-hybridized carbons (Fsp3) is 0.0769. The van der Waals surface area contributed by atoms with Crippen LogP contribution in [0, 0.1) is 3.95 Å². The quantitative estimate of drug-likeness (QED) is 0.335. The van der Waals surface area contributed by atoms with Gasteiger partial charge in [0.25, 0.3) is 0 Å². The molecular weight excluding hydrogens is 308 g/mol. The molecule has 6 nitrogen and oxygen atoms in total. The third-order valence-corrected chi connectivity index (χ3v) is 3.78. The van der Waals surface area contributed by atoms with Gasteiger partial charge in [-0.1, -0.05) is 29.5 Å². The molecule has 2 aromatic heterocycles. The van der Waals surface area contributed by atoms with Crippen molar-refractivity contribution in [2.24, 2.45) is 5.10 Å². The monoisotopic (exact) mass is 318 g/mol. The van der Waals surface area contributed by atoms with Crippen LogP contribution >= 0.6 is 23.6 Å². The third-order valence-electron chi connectivity index (χ3n) is 2.79. The number of fused-ring (bicyclic) bond motifs is 1. The van der Waals surface area contributed by atoms with Crippen molar-refractivity contribution < 1.29 is 4.42 Å². The van der Waals surface area contributed by atoms with Gasteiger partial charge in [-0.3, -0.25) is 10.5 Å². The molecule has 0 spiro atoms. The summed E-state index contributed by atoms with van der Waals surface area (Å²) >= 11 is 6.19. The summed E-state index contributed by atoms with van der Waals surface area (Å²) in [5, 5.41) is 12.1. The van der Waals surface area contributed by atoms with Crippen LogP contribution in [0.2, 0.25) is 0 Å². The van der Waals surface area contributed by atoms with Crippen LogP contribution in [0.15, 0.2) is 44.6 Å². The predicted octanol–water partition coefficient (Wildman–Crippen LogP) is 3.14. The first-order chi connectivity index (χ1) is 10.1. The molecule has 0 unspecified atom stereocenters. The Morgan fingerprint density at radius 2 is 2.29 bits per heavy atom. The molecule has 0 saturated heterocycles. The van der Waals surface area contributed by atoms with Gasteiger partial charge in [-0.2, -0.15) is 5.10 Å². The van der Waals surface area contributed by atoms with Gasteiger partial charge in [0.05, 0.1) is 11.3 Å². The highest BCUT2D eigenvalue weighted by Crippen LogP contribution is 2.14. The van der Waals surface area contributed by atoms with Crippen molar-refractivity contribution >= 4 is 45.4 Å². The van der Waals surface area contributed by atoms with Crippen LogP contribution in [0.1, 0.15) is 12.5 Å². The number of hydrogen-bond acceptors (Lipinski definition) is 7. The van der Waals surface area contributed by atoms with Gasteiger partial charge in [-0.15, -0.1) is 5.10 Å². The third kappa shape index (κ3) is 2.91. The van der Waals surface area contributed by atoms with Crippen LogP contribution in [-0.4, -0.2) is 15.9 Å². The maximum absolute atomic E-state index is 12.0. The van der Waals surface area contributed by atoms with Gasteiger partial charge in [0, 0.05) is 5.39 Å². The molecule has 0 aliphatic rings. The molecule has 106 valence electrons. The fourth-order valence-electron chi connectivity index (χ4n) is 1.78. The lowest BCUT2D eigenvalue weighted by atomic mass is 10.1. The minimum atomic E-state index is -0.425. The van der Waals surface area contributed by atoms with Crippen LogP contribution in [-0.2, 0) is 0 Å². The molecule has 3 rings (SSSR count). The fourth-order valence-corrected chi connectivity index (χ4v) is 2.52. The number of aromatic amines is 1. The number of benzene rings is 1. The van der Waals surface area contributed by atoms with Crippen molar-refractivity contribution in [3.05, 3.63) is 50.3 Å². The Labute approximate surface area is 128 Å². The summed E-state index contributed by atoms with van der Waals surface area (Å²) in [6.45, 7) is 1.72. The number of hydrogen-bond donors (Lipinski definition) is 2. The van der Waals surface area contributed by atoms with Crippen molar-refractivity contribution in [3.8, 4) is 0 Å². The lowest BCUT2D eigenvalue weighted by molar-refractivity contribution is 0.559. The van der Waals surface area contributed by atoms with E-state index in [9.17, 15) is 4.79 Å². The van der Waals surface area contributed by atoms with Crippen LogP contribution < -0.4 is 11.1 Å². The summed E-state index contributed by atoms with van der Waals surface area (Å²) in [5.41, 5.74) is 3.80.